The van der Waals surface area contributed by atoms with Crippen molar-refractivity contribution in [3.8, 4) is 16.9 Å². The number of piperazine rings is 1. The van der Waals surface area contributed by atoms with Gasteiger partial charge in [0.1, 0.15) is 17.3 Å². The van der Waals surface area contributed by atoms with Crippen molar-refractivity contribution >= 4 is 22.3 Å². The number of benzene rings is 2. The summed E-state index contributed by atoms with van der Waals surface area (Å²) in [5.74, 6) is -0.121. The molecular formula is C37H41FN8O3. The Kier molecular flexibility index (Phi) is 8.42. The number of nitrogens with one attached hydrogen (secondary N) is 1. The third-order valence-corrected chi connectivity index (χ3v) is 10.00. The average molecular weight is 665 g/mol. The van der Waals surface area contributed by atoms with Gasteiger partial charge in [-0.05, 0) is 66.8 Å². The minimum Gasteiger partial charge on any atom is -0.392 e. The molecular weight excluding hydrogens is 623 g/mol. The predicted octanol–water partition coefficient (Wildman–Crippen LogP) is 4.49. The Morgan fingerprint density at radius 1 is 0.980 bits per heavy atom. The lowest BCUT2D eigenvalue weighted by atomic mass is 9.86. The number of aryl methyl sites for hydroxylation is 1. The van der Waals surface area contributed by atoms with E-state index in [1.165, 1.54) is 29.8 Å². The van der Waals surface area contributed by atoms with Crippen LogP contribution >= 0.6 is 0 Å². The van der Waals surface area contributed by atoms with E-state index >= 15 is 4.39 Å². The number of likely N-dealkylation sites (N-methyl/N-ethyl adjacent to an activating group) is 1. The number of aliphatic hydroxyl groups excluding tert-OH is 1. The van der Waals surface area contributed by atoms with E-state index in [2.05, 4.69) is 37.3 Å². The highest BCUT2D eigenvalue weighted by atomic mass is 19.1. The van der Waals surface area contributed by atoms with Crippen molar-refractivity contribution in [2.45, 2.75) is 64.3 Å². The molecule has 0 amide bonds. The summed E-state index contributed by atoms with van der Waals surface area (Å²) in [5.41, 5.74) is 2.28. The Hall–Kier alpha value is -4.78. The summed E-state index contributed by atoms with van der Waals surface area (Å²) in [4.78, 5) is 36.4. The molecule has 2 saturated heterocycles. The van der Waals surface area contributed by atoms with Crippen molar-refractivity contribution in [2.75, 3.05) is 25.5 Å². The summed E-state index contributed by atoms with van der Waals surface area (Å²) < 4.78 is 17.7. The number of rotatable bonds is 7. The van der Waals surface area contributed by atoms with Gasteiger partial charge in [-0.1, -0.05) is 39.0 Å². The molecule has 2 aliphatic rings. The summed E-state index contributed by atoms with van der Waals surface area (Å²) in [6.45, 7) is 8.40. The molecule has 2 N–H and O–H groups in total. The molecule has 2 fully saturated rings. The average Bonchev–Trinajstić information content (AvgIpc) is 3.26. The first-order valence-corrected chi connectivity index (χ1v) is 16.6. The molecule has 2 atom stereocenters. The van der Waals surface area contributed by atoms with Crippen molar-refractivity contribution in [1.82, 2.24) is 34.3 Å². The van der Waals surface area contributed by atoms with Gasteiger partial charge in [0, 0.05) is 61.5 Å². The summed E-state index contributed by atoms with van der Waals surface area (Å²) in [6, 6.07) is 15.0. The number of anilines is 2. The molecule has 5 heterocycles. The van der Waals surface area contributed by atoms with Crippen LogP contribution in [0, 0.1) is 5.82 Å². The van der Waals surface area contributed by atoms with E-state index in [-0.39, 0.29) is 27.7 Å². The number of aliphatic hydroxyl groups is 1. The lowest BCUT2D eigenvalue weighted by Crippen LogP contribution is -2.51. The van der Waals surface area contributed by atoms with E-state index in [0.29, 0.717) is 40.1 Å². The lowest BCUT2D eigenvalue weighted by molar-refractivity contribution is 0.0837. The first-order valence-electron chi connectivity index (χ1n) is 16.6. The minimum atomic E-state index is -0.646. The molecule has 49 heavy (non-hydrogen) atoms. The number of hydrogen-bond donors (Lipinski definition) is 2. The zero-order chi connectivity index (χ0) is 34.6. The highest BCUT2D eigenvalue weighted by Gasteiger charge is 2.37. The number of halogens is 1. The molecule has 0 saturated carbocycles. The number of fused-ring (bicyclic) bond motifs is 3. The SMILES string of the molecule is CN1C2CCC1CN(Cc1ccc(Nc3cc(-c4cccc(-n5ncc6cc(C(C)(C)C)cc(F)c6c5=O)c4CO)nn(C)c3=O)nc1)C2. The van der Waals surface area contributed by atoms with Gasteiger partial charge in [-0.15, -0.1) is 0 Å². The highest BCUT2D eigenvalue weighted by molar-refractivity contribution is 5.83. The molecule has 0 spiro atoms. The van der Waals surface area contributed by atoms with Crippen LogP contribution in [0.25, 0.3) is 27.7 Å². The molecule has 2 unspecified atom stereocenters. The maximum atomic E-state index is 15.4. The van der Waals surface area contributed by atoms with Crippen LogP contribution in [0.5, 0.6) is 0 Å². The van der Waals surface area contributed by atoms with Gasteiger partial charge in [0.25, 0.3) is 11.1 Å². The van der Waals surface area contributed by atoms with Crippen molar-refractivity contribution in [2.24, 2.45) is 7.05 Å². The Balaban J connectivity index is 1.18. The maximum Gasteiger partial charge on any atom is 0.290 e. The number of aromatic nitrogens is 5. The quantitative estimate of drug-likeness (QED) is 0.259. The second-order valence-electron chi connectivity index (χ2n) is 14.3. The van der Waals surface area contributed by atoms with Gasteiger partial charge in [-0.3, -0.25) is 19.4 Å². The fourth-order valence-corrected chi connectivity index (χ4v) is 7.17. The number of hydrogen-bond acceptors (Lipinski definition) is 9. The second kappa shape index (κ2) is 12.6. The second-order valence-corrected chi connectivity index (χ2v) is 14.3. The van der Waals surface area contributed by atoms with E-state index in [4.69, 9.17) is 0 Å². The molecule has 0 radical (unpaired) electrons. The zero-order valence-corrected chi connectivity index (χ0v) is 28.4. The van der Waals surface area contributed by atoms with Gasteiger partial charge >= 0.3 is 0 Å². The topological polar surface area (TPSA) is 121 Å². The van der Waals surface area contributed by atoms with Crippen molar-refractivity contribution < 1.29 is 9.50 Å². The molecule has 254 valence electrons. The van der Waals surface area contributed by atoms with Crippen LogP contribution in [-0.4, -0.2) is 71.7 Å². The fraction of sp³-hybridized carbons (Fsp3) is 0.378. The number of pyridine rings is 1. The van der Waals surface area contributed by atoms with Crippen LogP contribution in [-0.2, 0) is 25.6 Å². The first kappa shape index (κ1) is 32.8. The molecule has 2 bridgehead atoms. The largest absolute Gasteiger partial charge is 0.392 e. The van der Waals surface area contributed by atoms with Crippen LogP contribution in [0.4, 0.5) is 15.9 Å². The van der Waals surface area contributed by atoms with E-state index < -0.39 is 18.0 Å². The van der Waals surface area contributed by atoms with Crippen LogP contribution in [0.3, 0.4) is 0 Å². The van der Waals surface area contributed by atoms with E-state index in [9.17, 15) is 14.7 Å². The Morgan fingerprint density at radius 2 is 1.73 bits per heavy atom. The summed E-state index contributed by atoms with van der Waals surface area (Å²) in [7, 11) is 3.77. The summed E-state index contributed by atoms with van der Waals surface area (Å²) in [6.07, 6.45) is 5.80. The standard InChI is InChI=1S/C37H41FN8O3/c1-37(2,3)24-13-23-17-40-46(36(49)34(23)29(38)14-24)32-8-6-7-27(28(32)21-47)30-15-31(35(48)44(5)42-30)41-33-12-9-22(16-39-33)18-45-19-25-10-11-26(20-45)43(25)4/h6-9,12-17,25-26,47H,10-11,18-21H2,1-5H3,(H,39,41). The molecule has 5 aromatic rings. The Morgan fingerprint density at radius 3 is 2.41 bits per heavy atom. The number of nitrogens with zero attached hydrogens (tertiary/aromatic N) is 7. The minimum absolute atomic E-state index is 0.0850. The molecule has 2 aliphatic heterocycles. The molecule has 3 aromatic heterocycles. The Bertz CT molecular complexity index is 2160. The fourth-order valence-electron chi connectivity index (χ4n) is 7.17. The smallest absolute Gasteiger partial charge is 0.290 e. The van der Waals surface area contributed by atoms with Gasteiger partial charge in [0.2, 0.25) is 0 Å². The summed E-state index contributed by atoms with van der Waals surface area (Å²) >= 11 is 0. The first-order chi connectivity index (χ1) is 23.4. The van der Waals surface area contributed by atoms with Crippen LogP contribution in [0.1, 0.15) is 50.3 Å². The van der Waals surface area contributed by atoms with Gasteiger partial charge in [-0.25, -0.2) is 14.1 Å². The van der Waals surface area contributed by atoms with Crippen molar-refractivity contribution in [1.29, 1.82) is 0 Å². The monoisotopic (exact) mass is 664 g/mol. The normalized spacial score (nSPS) is 18.3. The highest BCUT2D eigenvalue weighted by Crippen LogP contribution is 2.31. The van der Waals surface area contributed by atoms with E-state index in [1.807, 2.05) is 39.1 Å². The van der Waals surface area contributed by atoms with Crippen LogP contribution in [0.2, 0.25) is 0 Å². The molecule has 2 aromatic carbocycles. The predicted molar refractivity (Wildman–Crippen MR) is 188 cm³/mol. The molecule has 11 nitrogen and oxygen atoms in total. The van der Waals surface area contributed by atoms with Gasteiger partial charge in [0.15, 0.2) is 0 Å². The lowest BCUT2D eigenvalue weighted by Gasteiger charge is -2.38. The zero-order valence-electron chi connectivity index (χ0n) is 28.4. The maximum absolute atomic E-state index is 15.4. The third-order valence-electron chi connectivity index (χ3n) is 10.00. The molecule has 0 aliphatic carbocycles. The Labute approximate surface area is 283 Å². The van der Waals surface area contributed by atoms with Crippen molar-refractivity contribution in [3.63, 3.8) is 0 Å². The number of likely N-dealkylation sites (tertiary alicyclic amines) is 1. The summed E-state index contributed by atoms with van der Waals surface area (Å²) in [5, 5.41) is 22.9. The van der Waals surface area contributed by atoms with Crippen molar-refractivity contribution in [3.05, 3.63) is 104 Å². The molecule has 7 rings (SSSR count). The third kappa shape index (κ3) is 6.16. The van der Waals surface area contributed by atoms with E-state index in [1.54, 1.807) is 37.4 Å². The van der Waals surface area contributed by atoms with Crippen LogP contribution in [0.15, 0.2) is 70.5 Å². The van der Waals surface area contributed by atoms with Crippen LogP contribution < -0.4 is 16.4 Å². The van der Waals surface area contributed by atoms with Gasteiger partial charge in [0.05, 0.1) is 29.6 Å². The van der Waals surface area contributed by atoms with Gasteiger partial charge in [-0.2, -0.15) is 14.9 Å². The molecule has 12 heteroatoms. The van der Waals surface area contributed by atoms with Gasteiger partial charge < -0.3 is 10.4 Å². The van der Waals surface area contributed by atoms with E-state index in [0.717, 1.165) is 35.4 Å².